The molecule has 0 aliphatic carbocycles. The summed E-state index contributed by atoms with van der Waals surface area (Å²) in [7, 11) is 1.52. The molecule has 1 amide bonds. The molecular formula is C24H19NO7. The molecule has 1 atom stereocenters. The molecule has 0 radical (unpaired) electrons. The van der Waals surface area contributed by atoms with Gasteiger partial charge in [-0.3, -0.25) is 19.3 Å². The smallest absolute Gasteiger partial charge is 0.307 e. The number of aliphatic hydroxyl groups excluding tert-OH is 1. The molecule has 1 unspecified atom stereocenters. The Morgan fingerprint density at radius 3 is 2.31 bits per heavy atom. The molecule has 1 aliphatic heterocycles. The van der Waals surface area contributed by atoms with Crippen LogP contribution in [0.3, 0.4) is 0 Å². The van der Waals surface area contributed by atoms with E-state index in [9.17, 15) is 19.5 Å². The first-order valence-electron chi connectivity index (χ1n) is 9.70. The number of Topliss-reactive ketones (excluding diaryl/α,β-unsaturated/α-hetero) is 1. The van der Waals surface area contributed by atoms with Gasteiger partial charge in [-0.15, -0.1) is 0 Å². The lowest BCUT2D eigenvalue weighted by atomic mass is 9.94. The van der Waals surface area contributed by atoms with Crippen LogP contribution in [0.15, 0.2) is 82.7 Å². The molecule has 0 spiro atoms. The summed E-state index contributed by atoms with van der Waals surface area (Å²) < 4.78 is 10.4. The molecule has 0 fully saturated rings. The van der Waals surface area contributed by atoms with E-state index >= 15 is 0 Å². The summed E-state index contributed by atoms with van der Waals surface area (Å²) in [5, 5.41) is 19.7. The Bertz CT molecular complexity index is 1190. The lowest BCUT2D eigenvalue weighted by Crippen LogP contribution is -2.31. The molecule has 0 saturated carbocycles. The van der Waals surface area contributed by atoms with Crippen LogP contribution in [0.1, 0.15) is 27.7 Å². The first-order chi connectivity index (χ1) is 15.4. The zero-order valence-electron chi connectivity index (χ0n) is 17.0. The van der Waals surface area contributed by atoms with Gasteiger partial charge in [-0.25, -0.2) is 0 Å². The number of hydrogen-bond donors (Lipinski definition) is 2. The maximum Gasteiger partial charge on any atom is 0.307 e. The summed E-state index contributed by atoms with van der Waals surface area (Å²) in [6.45, 7) is 0. The van der Waals surface area contributed by atoms with Crippen LogP contribution >= 0.6 is 0 Å². The van der Waals surface area contributed by atoms with E-state index < -0.39 is 29.5 Å². The molecule has 2 heterocycles. The lowest BCUT2D eigenvalue weighted by Gasteiger charge is -2.27. The molecule has 32 heavy (non-hydrogen) atoms. The van der Waals surface area contributed by atoms with Gasteiger partial charge in [0, 0.05) is 5.69 Å². The Morgan fingerprint density at radius 2 is 1.75 bits per heavy atom. The number of ketones is 1. The second-order valence-corrected chi connectivity index (χ2v) is 7.16. The number of rotatable bonds is 7. The van der Waals surface area contributed by atoms with Crippen LogP contribution in [0.2, 0.25) is 0 Å². The van der Waals surface area contributed by atoms with Crippen molar-refractivity contribution in [2.45, 2.75) is 12.5 Å². The molecule has 1 aromatic heterocycles. The Labute approximate surface area is 183 Å². The van der Waals surface area contributed by atoms with Crippen LogP contribution in [-0.4, -0.2) is 35.0 Å². The van der Waals surface area contributed by atoms with Crippen molar-refractivity contribution in [1.82, 2.24) is 0 Å². The van der Waals surface area contributed by atoms with Crippen molar-refractivity contribution in [1.29, 1.82) is 0 Å². The van der Waals surface area contributed by atoms with Crippen LogP contribution in [0.25, 0.3) is 0 Å². The minimum Gasteiger partial charge on any atom is -0.503 e. The van der Waals surface area contributed by atoms with Gasteiger partial charge >= 0.3 is 5.97 Å². The number of carbonyl (C=O) groups is 3. The number of nitrogens with zero attached hydrogens (tertiary/aromatic N) is 1. The molecule has 1 aliphatic rings. The number of carboxylic acids is 1. The molecule has 0 bridgehead atoms. The summed E-state index contributed by atoms with van der Waals surface area (Å²) in [4.78, 5) is 38.5. The summed E-state index contributed by atoms with van der Waals surface area (Å²) in [6, 6.07) is 15.2. The van der Waals surface area contributed by atoms with Crippen molar-refractivity contribution >= 4 is 23.3 Å². The van der Waals surface area contributed by atoms with E-state index in [1.54, 1.807) is 54.6 Å². The number of furan rings is 1. The molecule has 2 aromatic carbocycles. The molecule has 4 rings (SSSR count). The Hall–Kier alpha value is -4.33. The minimum absolute atomic E-state index is 0.00322. The molecular weight excluding hydrogens is 414 g/mol. The van der Waals surface area contributed by atoms with Crippen LogP contribution in [0.5, 0.6) is 5.75 Å². The van der Waals surface area contributed by atoms with E-state index in [4.69, 9.17) is 14.3 Å². The number of anilines is 1. The molecule has 8 nitrogen and oxygen atoms in total. The van der Waals surface area contributed by atoms with Gasteiger partial charge in [0.15, 0.2) is 11.5 Å². The van der Waals surface area contributed by atoms with Crippen molar-refractivity contribution < 1.29 is 33.8 Å². The number of aliphatic carboxylic acids is 1. The van der Waals surface area contributed by atoms with Crippen molar-refractivity contribution in [3.63, 3.8) is 0 Å². The number of carboxylic acid groups (broad SMARTS) is 1. The number of methoxy groups -OCH3 is 1. The third-order valence-electron chi connectivity index (χ3n) is 5.20. The van der Waals surface area contributed by atoms with Gasteiger partial charge in [0.1, 0.15) is 5.75 Å². The van der Waals surface area contributed by atoms with Crippen molar-refractivity contribution in [3.8, 4) is 5.75 Å². The van der Waals surface area contributed by atoms with Gasteiger partial charge in [-0.1, -0.05) is 24.3 Å². The van der Waals surface area contributed by atoms with Gasteiger partial charge in [0.05, 0.1) is 31.4 Å². The van der Waals surface area contributed by atoms with Gasteiger partial charge < -0.3 is 19.4 Å². The number of benzene rings is 2. The quantitative estimate of drug-likeness (QED) is 0.546. The lowest BCUT2D eigenvalue weighted by molar-refractivity contribution is -0.136. The van der Waals surface area contributed by atoms with Crippen LogP contribution < -0.4 is 9.64 Å². The van der Waals surface area contributed by atoms with Crippen LogP contribution in [-0.2, 0) is 16.0 Å². The predicted octanol–water partition coefficient (Wildman–Crippen LogP) is 3.70. The third-order valence-corrected chi connectivity index (χ3v) is 5.20. The summed E-state index contributed by atoms with van der Waals surface area (Å²) in [6.07, 6.45) is 1.17. The summed E-state index contributed by atoms with van der Waals surface area (Å²) in [5.74, 6) is -2.40. The SMILES string of the molecule is COc1ccc(C2C(C(=O)c3ccco3)=C(O)C(=O)N2c2ccc(CC(=O)O)cc2)cc1. The fourth-order valence-electron chi connectivity index (χ4n) is 3.69. The van der Waals surface area contributed by atoms with Crippen molar-refractivity contribution in [2.24, 2.45) is 0 Å². The third kappa shape index (κ3) is 3.74. The van der Waals surface area contributed by atoms with Gasteiger partial charge in [-0.05, 0) is 47.5 Å². The summed E-state index contributed by atoms with van der Waals surface area (Å²) in [5.41, 5.74) is 1.43. The normalized spacial score (nSPS) is 15.8. The largest absolute Gasteiger partial charge is 0.503 e. The van der Waals surface area contributed by atoms with E-state index in [2.05, 4.69) is 0 Å². The number of hydrogen-bond acceptors (Lipinski definition) is 6. The van der Waals surface area contributed by atoms with E-state index in [1.165, 1.54) is 24.3 Å². The number of amides is 1. The first kappa shape index (κ1) is 20.9. The molecule has 2 N–H and O–H groups in total. The Kier molecular flexibility index (Phi) is 5.51. The van der Waals surface area contributed by atoms with Gasteiger partial charge in [0.25, 0.3) is 5.91 Å². The summed E-state index contributed by atoms with van der Waals surface area (Å²) >= 11 is 0. The highest BCUT2D eigenvalue weighted by Crippen LogP contribution is 2.42. The number of aliphatic hydroxyl groups is 1. The van der Waals surface area contributed by atoms with E-state index in [-0.39, 0.29) is 17.8 Å². The average Bonchev–Trinajstić information content (AvgIpc) is 3.41. The Balaban J connectivity index is 1.80. The molecule has 0 saturated heterocycles. The number of ether oxygens (including phenoxy) is 1. The minimum atomic E-state index is -0.975. The van der Waals surface area contributed by atoms with E-state index in [1.807, 2.05) is 0 Å². The maximum absolute atomic E-state index is 13.1. The van der Waals surface area contributed by atoms with E-state index in [0.29, 0.717) is 22.6 Å². The molecule has 162 valence electrons. The van der Waals surface area contributed by atoms with Gasteiger partial charge in [-0.2, -0.15) is 0 Å². The topological polar surface area (TPSA) is 117 Å². The average molecular weight is 433 g/mol. The van der Waals surface area contributed by atoms with Gasteiger partial charge in [0.2, 0.25) is 5.78 Å². The molecule has 8 heteroatoms. The van der Waals surface area contributed by atoms with Crippen LogP contribution in [0, 0.1) is 0 Å². The fourth-order valence-corrected chi connectivity index (χ4v) is 3.69. The van der Waals surface area contributed by atoms with Crippen molar-refractivity contribution in [3.05, 3.63) is 95.1 Å². The zero-order chi connectivity index (χ0) is 22.8. The predicted molar refractivity (Wildman–Crippen MR) is 114 cm³/mol. The molecule has 3 aromatic rings. The monoisotopic (exact) mass is 433 g/mol. The van der Waals surface area contributed by atoms with Crippen LogP contribution in [0.4, 0.5) is 5.69 Å². The second-order valence-electron chi connectivity index (χ2n) is 7.16. The highest BCUT2D eigenvalue weighted by atomic mass is 16.5. The highest BCUT2D eigenvalue weighted by Gasteiger charge is 2.45. The van der Waals surface area contributed by atoms with E-state index in [0.717, 1.165) is 0 Å². The Morgan fingerprint density at radius 1 is 1.06 bits per heavy atom. The highest BCUT2D eigenvalue weighted by molar-refractivity contribution is 6.20. The zero-order valence-corrected chi connectivity index (χ0v) is 17.0. The fraction of sp³-hybridized carbons (Fsp3) is 0.125. The maximum atomic E-state index is 13.1. The van der Waals surface area contributed by atoms with Crippen molar-refractivity contribution in [2.75, 3.05) is 12.0 Å². The standard InChI is InChI=1S/C24H19NO7/c1-31-17-10-6-15(7-11-17)21-20(22(28)18-3-2-12-32-18)23(29)24(30)25(21)16-8-4-14(5-9-16)13-19(26)27/h2-12,21,29H,13H2,1H3,(H,26,27). The second kappa shape index (κ2) is 8.43. The number of carbonyl (C=O) groups excluding carboxylic acids is 2. The first-order valence-corrected chi connectivity index (χ1v) is 9.70.